The molecule has 0 spiro atoms. The number of nitrogens with one attached hydrogen (secondary N) is 5. The summed E-state index contributed by atoms with van der Waals surface area (Å²) in [6.07, 6.45) is 30.1. The Labute approximate surface area is 345 Å². The maximum Gasteiger partial charge on any atom is 0.0401 e. The van der Waals surface area contributed by atoms with E-state index in [-0.39, 0.29) is 0 Å². The lowest BCUT2D eigenvalue weighted by atomic mass is 9.90. The van der Waals surface area contributed by atoms with E-state index in [2.05, 4.69) is 185 Å². The zero-order chi connectivity index (χ0) is 40.1. The van der Waals surface area contributed by atoms with Crippen molar-refractivity contribution in [1.29, 1.82) is 0 Å². The molecule has 0 unspecified atom stereocenters. The molecule has 5 aliphatic heterocycles. The van der Waals surface area contributed by atoms with Gasteiger partial charge in [0.2, 0.25) is 0 Å². The number of allylic oxidation sites excluding steroid dienone is 10. The highest BCUT2D eigenvalue weighted by Crippen LogP contribution is 2.35. The summed E-state index contributed by atoms with van der Waals surface area (Å²) in [6, 6.07) is 31.8. The summed E-state index contributed by atoms with van der Waals surface area (Å²) >= 11 is 0. The predicted octanol–water partition coefficient (Wildman–Crippen LogP) is 11.1. The van der Waals surface area contributed by atoms with Gasteiger partial charge < -0.3 is 26.6 Å². The highest BCUT2D eigenvalue weighted by Gasteiger charge is 2.16. The molecule has 0 saturated heterocycles. The second kappa shape index (κ2) is 19.4. The molecule has 0 saturated carbocycles. The van der Waals surface area contributed by atoms with Gasteiger partial charge in [-0.2, -0.15) is 0 Å². The first-order valence-electron chi connectivity index (χ1n) is 20.8. The van der Waals surface area contributed by atoms with Crippen LogP contribution in [0.15, 0.2) is 171 Å². The molecular weight excluding hydrogens is 707 g/mol. The minimum absolute atomic E-state index is 0.770. The molecule has 5 aliphatic rings. The zero-order valence-electron chi connectivity index (χ0n) is 34.2. The van der Waals surface area contributed by atoms with Crippen LogP contribution in [0.3, 0.4) is 0 Å². The highest BCUT2D eigenvalue weighted by atomic mass is 14.8. The van der Waals surface area contributed by atoms with Crippen molar-refractivity contribution in [3.05, 3.63) is 204 Å². The van der Waals surface area contributed by atoms with Gasteiger partial charge >= 0.3 is 0 Å². The first-order chi connectivity index (χ1) is 28.7. The lowest BCUT2D eigenvalue weighted by molar-refractivity contribution is 0.976. The van der Waals surface area contributed by atoms with Crippen LogP contribution in [-0.2, 0) is 0 Å². The van der Waals surface area contributed by atoms with Crippen LogP contribution in [0.1, 0.15) is 61.1 Å². The Morgan fingerprint density at radius 2 is 0.810 bits per heavy atom. The van der Waals surface area contributed by atoms with Gasteiger partial charge in [0.25, 0.3) is 0 Å². The predicted molar refractivity (Wildman–Crippen MR) is 251 cm³/mol. The second-order valence-electron chi connectivity index (χ2n) is 14.1. The Morgan fingerprint density at radius 3 is 1.31 bits per heavy atom. The van der Waals surface area contributed by atoms with Crippen molar-refractivity contribution in [2.75, 3.05) is 32.7 Å². The van der Waals surface area contributed by atoms with Crippen LogP contribution in [0.2, 0.25) is 0 Å². The van der Waals surface area contributed by atoms with Gasteiger partial charge in [0.05, 0.1) is 0 Å². The highest BCUT2D eigenvalue weighted by molar-refractivity contribution is 5.90. The van der Waals surface area contributed by atoms with E-state index >= 15 is 0 Å². The van der Waals surface area contributed by atoms with E-state index in [9.17, 15) is 0 Å². The van der Waals surface area contributed by atoms with E-state index in [0.29, 0.717) is 0 Å². The maximum absolute atomic E-state index is 3.59. The molecule has 0 atom stereocenters. The fourth-order valence-electron chi connectivity index (χ4n) is 7.59. The molecule has 0 radical (unpaired) electrons. The summed E-state index contributed by atoms with van der Waals surface area (Å²) in [5.74, 6) is 0. The molecule has 292 valence electrons. The number of benzene rings is 4. The van der Waals surface area contributed by atoms with Gasteiger partial charge in [0.15, 0.2) is 0 Å². The molecule has 0 amide bonds. The lowest BCUT2D eigenvalue weighted by Gasteiger charge is -2.19. The van der Waals surface area contributed by atoms with Gasteiger partial charge in [0, 0.05) is 51.3 Å². The fraction of sp³-hybridized carbons (Fsp3) is 0.170. The quantitative estimate of drug-likeness (QED) is 0.124. The van der Waals surface area contributed by atoms with Gasteiger partial charge in [-0.15, -0.1) is 0 Å². The summed E-state index contributed by atoms with van der Waals surface area (Å²) in [4.78, 5) is 0. The van der Waals surface area contributed by atoms with E-state index in [1.54, 1.807) is 0 Å². The number of dihydropyridines is 5. The number of hydrogen-bond donors (Lipinski definition) is 5. The van der Waals surface area contributed by atoms with E-state index < -0.39 is 0 Å². The van der Waals surface area contributed by atoms with Crippen LogP contribution < -0.4 is 26.6 Å². The standard InChI is InChI=1S/C49H43N5.2C2H6/c1-7-34(42-21-44(38-11-3-15-50-28-38)25-45(22-42)39-12-4-16-51-29-39)19-36(9-1)48-27-49(33-54-32-48)37-10-2-8-35(20-37)43-23-46(40-13-5-17-52-30-40)26-47(24-43)41-14-6-18-53-31-41;2*1-2/h1-15,17,19-27,29,31-32,50-54H,16,18,28,30,33H2;2*1-2H3. The van der Waals surface area contributed by atoms with Crippen molar-refractivity contribution in [2.24, 2.45) is 0 Å². The topological polar surface area (TPSA) is 60.1 Å². The minimum atomic E-state index is 0.770. The Kier molecular flexibility index (Phi) is 13.2. The fourth-order valence-corrected chi connectivity index (χ4v) is 7.59. The molecule has 4 aromatic rings. The molecule has 0 fully saturated rings. The van der Waals surface area contributed by atoms with E-state index in [4.69, 9.17) is 0 Å². The molecular formula is C53H55N5. The van der Waals surface area contributed by atoms with Gasteiger partial charge in [-0.3, -0.25) is 0 Å². The third-order valence-corrected chi connectivity index (χ3v) is 10.4. The van der Waals surface area contributed by atoms with Gasteiger partial charge in [-0.25, -0.2) is 0 Å². The molecule has 58 heavy (non-hydrogen) atoms. The normalized spacial score (nSPS) is 16.3. The van der Waals surface area contributed by atoms with Crippen LogP contribution >= 0.6 is 0 Å². The van der Waals surface area contributed by atoms with Crippen molar-refractivity contribution in [1.82, 2.24) is 26.6 Å². The van der Waals surface area contributed by atoms with Crippen LogP contribution in [0, 0.1) is 0 Å². The maximum atomic E-state index is 3.59. The van der Waals surface area contributed by atoms with Crippen LogP contribution in [0.4, 0.5) is 0 Å². The Hall–Kier alpha value is -6.72. The Bertz CT molecular complexity index is 2440. The van der Waals surface area contributed by atoms with Gasteiger partial charge in [0.1, 0.15) is 0 Å². The van der Waals surface area contributed by atoms with Gasteiger partial charge in [-0.05, 0) is 168 Å². The van der Waals surface area contributed by atoms with Crippen LogP contribution in [0.25, 0.3) is 55.7 Å². The molecule has 4 aromatic carbocycles. The zero-order valence-corrected chi connectivity index (χ0v) is 34.2. The summed E-state index contributed by atoms with van der Waals surface area (Å²) in [5, 5.41) is 17.1. The SMILES string of the molecule is C1=CNCC(c2cc(C3=CNCC=C3)cc(-c3cccc(C4=CNCC(c5cccc(-c6cc(C7=CNCC=C7)cc(C7=CC=CNC7)c6)c5)=C4)c3)c2)=C1.CC.CC. The molecule has 0 bridgehead atoms. The molecule has 5 N–H and O–H groups in total. The van der Waals surface area contributed by atoms with E-state index in [1.165, 1.54) is 89.1 Å². The molecule has 0 aromatic heterocycles. The second-order valence-corrected chi connectivity index (χ2v) is 14.1. The third-order valence-electron chi connectivity index (χ3n) is 10.4. The summed E-state index contributed by atoms with van der Waals surface area (Å²) < 4.78 is 0. The van der Waals surface area contributed by atoms with Crippen molar-refractivity contribution < 1.29 is 0 Å². The summed E-state index contributed by atoms with van der Waals surface area (Å²) in [7, 11) is 0. The average Bonchev–Trinajstić information content (AvgIpc) is 3.34. The van der Waals surface area contributed by atoms with Gasteiger partial charge in [-0.1, -0.05) is 101 Å². The average molecular weight is 762 g/mol. The van der Waals surface area contributed by atoms with Crippen LogP contribution in [0.5, 0.6) is 0 Å². The van der Waals surface area contributed by atoms with Crippen molar-refractivity contribution in [2.45, 2.75) is 27.7 Å². The van der Waals surface area contributed by atoms with Crippen molar-refractivity contribution in [3.8, 4) is 22.3 Å². The summed E-state index contributed by atoms with van der Waals surface area (Å²) in [5.41, 5.74) is 19.5. The van der Waals surface area contributed by atoms with E-state index in [0.717, 1.165) is 32.7 Å². The smallest absolute Gasteiger partial charge is 0.0401 e. The minimum Gasteiger partial charge on any atom is -0.387 e. The first-order valence-corrected chi connectivity index (χ1v) is 20.8. The van der Waals surface area contributed by atoms with Crippen LogP contribution in [-0.4, -0.2) is 32.7 Å². The Morgan fingerprint density at radius 1 is 0.379 bits per heavy atom. The molecule has 0 aliphatic carbocycles. The lowest BCUT2D eigenvalue weighted by Crippen LogP contribution is -2.14. The Balaban J connectivity index is 0.00000124. The van der Waals surface area contributed by atoms with E-state index in [1.807, 2.05) is 40.1 Å². The van der Waals surface area contributed by atoms with Crippen molar-refractivity contribution in [3.63, 3.8) is 0 Å². The first kappa shape index (κ1) is 39.5. The molecule has 5 heterocycles. The molecule has 5 heteroatoms. The van der Waals surface area contributed by atoms with Crippen molar-refractivity contribution >= 4 is 33.4 Å². The molecule has 5 nitrogen and oxygen atoms in total. The summed E-state index contributed by atoms with van der Waals surface area (Å²) in [6.45, 7) is 12.1. The molecule has 9 rings (SSSR count). The largest absolute Gasteiger partial charge is 0.387 e. The number of hydrogen-bond acceptors (Lipinski definition) is 5. The number of rotatable bonds is 8. The third kappa shape index (κ3) is 9.28. The monoisotopic (exact) mass is 761 g/mol.